The highest BCUT2D eigenvalue weighted by Gasteiger charge is 2.23. The summed E-state index contributed by atoms with van der Waals surface area (Å²) < 4.78 is 5.17. The molecule has 2 N–H and O–H groups in total. The van der Waals surface area contributed by atoms with Gasteiger partial charge in [-0.25, -0.2) is 0 Å². The molecule has 0 aliphatic carbocycles. The standard InChI is InChI=1S/C12H22N4O2.ClH/c1-8(14-9(17)6-7-13-5)10-15-11(16-18-10)12(2,3)4;/h8,13H,6-7H2,1-5H3,(H,14,17);1H. The number of amides is 1. The van der Waals surface area contributed by atoms with Gasteiger partial charge in [-0.1, -0.05) is 25.9 Å². The van der Waals surface area contributed by atoms with Gasteiger partial charge in [0.1, 0.15) is 6.04 Å². The fraction of sp³-hybridized carbons (Fsp3) is 0.750. The van der Waals surface area contributed by atoms with Gasteiger partial charge < -0.3 is 15.2 Å². The molecule has 1 unspecified atom stereocenters. The van der Waals surface area contributed by atoms with Gasteiger partial charge in [0.05, 0.1) is 0 Å². The van der Waals surface area contributed by atoms with E-state index in [0.717, 1.165) is 0 Å². The normalized spacial score (nSPS) is 12.7. The van der Waals surface area contributed by atoms with Crippen molar-refractivity contribution in [3.63, 3.8) is 0 Å². The Morgan fingerprint density at radius 2 is 2.05 bits per heavy atom. The lowest BCUT2D eigenvalue weighted by molar-refractivity contribution is -0.121. The first kappa shape index (κ1) is 17.9. The molecule has 0 saturated heterocycles. The van der Waals surface area contributed by atoms with E-state index >= 15 is 0 Å². The number of carbonyl (C=O) groups excluding carboxylic acids is 1. The summed E-state index contributed by atoms with van der Waals surface area (Å²) in [6.07, 6.45) is 0.432. The minimum absolute atomic E-state index is 0. The zero-order chi connectivity index (χ0) is 13.8. The van der Waals surface area contributed by atoms with E-state index in [0.29, 0.717) is 24.7 Å². The van der Waals surface area contributed by atoms with Gasteiger partial charge >= 0.3 is 0 Å². The van der Waals surface area contributed by atoms with E-state index in [2.05, 4.69) is 20.8 Å². The smallest absolute Gasteiger partial charge is 0.248 e. The van der Waals surface area contributed by atoms with Gasteiger partial charge in [-0.15, -0.1) is 12.4 Å². The average Bonchev–Trinajstić information content (AvgIpc) is 2.75. The van der Waals surface area contributed by atoms with Gasteiger partial charge in [0.2, 0.25) is 11.8 Å². The number of halogens is 1. The Morgan fingerprint density at radius 3 is 2.53 bits per heavy atom. The van der Waals surface area contributed by atoms with Crippen LogP contribution in [0, 0.1) is 0 Å². The monoisotopic (exact) mass is 290 g/mol. The molecule has 1 heterocycles. The van der Waals surface area contributed by atoms with Crippen LogP contribution in [-0.4, -0.2) is 29.6 Å². The lowest BCUT2D eigenvalue weighted by atomic mass is 9.96. The predicted molar refractivity (Wildman–Crippen MR) is 75.3 cm³/mol. The fourth-order valence-electron chi connectivity index (χ4n) is 1.33. The summed E-state index contributed by atoms with van der Waals surface area (Å²) >= 11 is 0. The fourth-order valence-corrected chi connectivity index (χ4v) is 1.33. The molecule has 19 heavy (non-hydrogen) atoms. The van der Waals surface area contributed by atoms with Gasteiger partial charge in [-0.05, 0) is 14.0 Å². The first-order chi connectivity index (χ1) is 8.34. The molecule has 1 rings (SSSR count). The van der Waals surface area contributed by atoms with Crippen LogP contribution in [0.25, 0.3) is 0 Å². The van der Waals surface area contributed by atoms with Crippen molar-refractivity contribution < 1.29 is 9.32 Å². The number of nitrogens with one attached hydrogen (secondary N) is 2. The number of carbonyl (C=O) groups is 1. The molecule has 0 fully saturated rings. The maximum absolute atomic E-state index is 11.5. The van der Waals surface area contributed by atoms with Crippen LogP contribution < -0.4 is 10.6 Å². The Hall–Kier alpha value is -1.14. The molecule has 1 atom stereocenters. The Balaban J connectivity index is 0.00000324. The summed E-state index contributed by atoms with van der Waals surface area (Å²) in [4.78, 5) is 15.9. The maximum atomic E-state index is 11.5. The summed E-state index contributed by atoms with van der Waals surface area (Å²) in [5, 5.41) is 9.67. The van der Waals surface area contributed by atoms with E-state index in [-0.39, 0.29) is 29.8 Å². The second kappa shape index (κ2) is 7.45. The summed E-state index contributed by atoms with van der Waals surface area (Å²) in [6, 6.07) is -0.266. The molecule has 0 spiro atoms. The summed E-state index contributed by atoms with van der Waals surface area (Å²) in [7, 11) is 1.81. The lowest BCUT2D eigenvalue weighted by Crippen LogP contribution is -2.29. The Morgan fingerprint density at radius 1 is 1.42 bits per heavy atom. The van der Waals surface area contributed by atoms with Crippen molar-refractivity contribution in [2.75, 3.05) is 13.6 Å². The molecule has 110 valence electrons. The minimum Gasteiger partial charge on any atom is -0.345 e. The van der Waals surface area contributed by atoms with Crippen molar-refractivity contribution in [3.05, 3.63) is 11.7 Å². The van der Waals surface area contributed by atoms with Gasteiger partial charge in [-0.2, -0.15) is 4.98 Å². The highest BCUT2D eigenvalue weighted by molar-refractivity contribution is 5.85. The van der Waals surface area contributed by atoms with E-state index in [1.54, 1.807) is 0 Å². The second-order valence-electron chi connectivity index (χ2n) is 5.35. The molecule has 6 nitrogen and oxygen atoms in total. The minimum atomic E-state index is -0.266. The number of hydrogen-bond donors (Lipinski definition) is 2. The Bertz CT molecular complexity index is 401. The number of nitrogens with zero attached hydrogens (tertiary/aromatic N) is 2. The molecule has 7 heteroatoms. The first-order valence-corrected chi connectivity index (χ1v) is 6.12. The van der Waals surface area contributed by atoms with E-state index in [1.165, 1.54) is 0 Å². The zero-order valence-electron chi connectivity index (χ0n) is 12.1. The molecule has 0 aromatic carbocycles. The summed E-state index contributed by atoms with van der Waals surface area (Å²) in [5.41, 5.74) is -0.155. The number of rotatable bonds is 5. The molecule has 0 saturated carbocycles. The predicted octanol–water partition coefficient (Wildman–Crippen LogP) is 1.58. The Kier molecular flexibility index (Phi) is 7.00. The van der Waals surface area contributed by atoms with E-state index in [4.69, 9.17) is 4.52 Å². The van der Waals surface area contributed by atoms with Crippen molar-refractivity contribution in [1.29, 1.82) is 0 Å². The van der Waals surface area contributed by atoms with Crippen LogP contribution in [0.4, 0.5) is 0 Å². The van der Waals surface area contributed by atoms with Gasteiger partial charge in [0.25, 0.3) is 0 Å². The van der Waals surface area contributed by atoms with Crippen LogP contribution in [0.3, 0.4) is 0 Å². The third kappa shape index (κ3) is 5.57. The van der Waals surface area contributed by atoms with Crippen LogP contribution >= 0.6 is 12.4 Å². The number of aromatic nitrogens is 2. The SMILES string of the molecule is CNCCC(=O)NC(C)c1nc(C(C)(C)C)no1.Cl. The molecular formula is C12H23ClN4O2. The van der Waals surface area contributed by atoms with Crippen molar-refractivity contribution in [2.24, 2.45) is 0 Å². The number of hydrogen-bond acceptors (Lipinski definition) is 5. The summed E-state index contributed by atoms with van der Waals surface area (Å²) in [5.74, 6) is 1.05. The third-order valence-corrected chi connectivity index (χ3v) is 2.46. The van der Waals surface area contributed by atoms with Gasteiger partial charge in [-0.3, -0.25) is 4.79 Å². The molecule has 0 aliphatic heterocycles. The second-order valence-corrected chi connectivity index (χ2v) is 5.35. The Labute approximate surface area is 120 Å². The molecule has 0 bridgehead atoms. The van der Waals surface area contributed by atoms with Gasteiger partial charge in [0.15, 0.2) is 5.82 Å². The maximum Gasteiger partial charge on any atom is 0.248 e. The largest absolute Gasteiger partial charge is 0.345 e. The highest BCUT2D eigenvalue weighted by atomic mass is 35.5. The third-order valence-electron chi connectivity index (χ3n) is 2.46. The van der Waals surface area contributed by atoms with Crippen molar-refractivity contribution >= 4 is 18.3 Å². The molecule has 0 radical (unpaired) electrons. The quantitative estimate of drug-likeness (QED) is 0.860. The molecular weight excluding hydrogens is 268 g/mol. The zero-order valence-corrected chi connectivity index (χ0v) is 12.9. The molecule has 1 aromatic heterocycles. The molecule has 1 amide bonds. The molecule has 0 aliphatic rings. The van der Waals surface area contributed by atoms with Crippen LogP contribution in [0.15, 0.2) is 4.52 Å². The van der Waals surface area contributed by atoms with E-state index in [9.17, 15) is 4.79 Å². The van der Waals surface area contributed by atoms with E-state index in [1.807, 2.05) is 34.7 Å². The van der Waals surface area contributed by atoms with Crippen molar-refractivity contribution in [1.82, 2.24) is 20.8 Å². The van der Waals surface area contributed by atoms with Crippen LogP contribution in [-0.2, 0) is 10.2 Å². The molecule has 1 aromatic rings. The average molecular weight is 291 g/mol. The lowest BCUT2D eigenvalue weighted by Gasteiger charge is -2.12. The van der Waals surface area contributed by atoms with Crippen LogP contribution in [0.2, 0.25) is 0 Å². The summed E-state index contributed by atoms with van der Waals surface area (Å²) in [6.45, 7) is 8.51. The topological polar surface area (TPSA) is 80.0 Å². The van der Waals surface area contributed by atoms with Gasteiger partial charge in [0, 0.05) is 18.4 Å². The van der Waals surface area contributed by atoms with E-state index < -0.39 is 0 Å². The van der Waals surface area contributed by atoms with Crippen molar-refractivity contribution in [3.8, 4) is 0 Å². The first-order valence-electron chi connectivity index (χ1n) is 6.12. The van der Waals surface area contributed by atoms with Crippen molar-refractivity contribution in [2.45, 2.75) is 45.6 Å². The highest BCUT2D eigenvalue weighted by Crippen LogP contribution is 2.20. The van der Waals surface area contributed by atoms with Crippen LogP contribution in [0.1, 0.15) is 51.9 Å². The van der Waals surface area contributed by atoms with Crippen LogP contribution in [0.5, 0.6) is 0 Å².